The lowest BCUT2D eigenvalue weighted by atomic mass is 10.1. The van der Waals surface area contributed by atoms with E-state index in [4.69, 9.17) is 4.74 Å². The molecule has 0 radical (unpaired) electrons. The third-order valence-electron chi connectivity index (χ3n) is 6.20. The fourth-order valence-corrected chi connectivity index (χ4v) is 4.31. The largest absolute Gasteiger partial charge is 0.496 e. The topological polar surface area (TPSA) is 72.3 Å². The Labute approximate surface area is 201 Å². The van der Waals surface area contributed by atoms with E-state index < -0.39 is 0 Å². The molecule has 1 amide bonds. The fraction of sp³-hybridized carbons (Fsp3) is 0.370. The van der Waals surface area contributed by atoms with Crippen molar-refractivity contribution >= 4 is 12.0 Å². The van der Waals surface area contributed by atoms with Gasteiger partial charge in [0.2, 0.25) is 5.91 Å². The number of para-hydroxylation sites is 1. The van der Waals surface area contributed by atoms with Gasteiger partial charge in [-0.3, -0.25) is 9.69 Å². The first-order valence-corrected chi connectivity index (χ1v) is 11.9. The first-order valence-electron chi connectivity index (χ1n) is 11.9. The predicted octanol–water partition coefficient (Wildman–Crippen LogP) is 3.67. The Hall–Kier alpha value is -3.45. The highest BCUT2D eigenvalue weighted by Crippen LogP contribution is 2.19. The SMILES string of the molecule is COc1ccccc1/C=C/CN1CCc2nnc(C(C)NC(=O)CCc3ccccc3)n2CC1. The summed E-state index contributed by atoms with van der Waals surface area (Å²) in [6.07, 6.45) is 6.32. The van der Waals surface area contributed by atoms with E-state index in [2.05, 4.69) is 43.2 Å². The second-order valence-corrected chi connectivity index (χ2v) is 8.60. The second-order valence-electron chi connectivity index (χ2n) is 8.60. The third-order valence-corrected chi connectivity index (χ3v) is 6.20. The predicted molar refractivity (Wildman–Crippen MR) is 134 cm³/mol. The summed E-state index contributed by atoms with van der Waals surface area (Å²) in [7, 11) is 1.70. The van der Waals surface area contributed by atoms with Gasteiger partial charge in [0.05, 0.1) is 13.2 Å². The Balaban J connectivity index is 1.30. The Morgan fingerprint density at radius 1 is 1.09 bits per heavy atom. The minimum absolute atomic E-state index is 0.0328. The number of nitrogens with one attached hydrogen (secondary N) is 1. The summed E-state index contributed by atoms with van der Waals surface area (Å²) in [6.45, 7) is 5.48. The maximum absolute atomic E-state index is 12.5. The number of aryl methyl sites for hydroxylation is 1. The quantitative estimate of drug-likeness (QED) is 0.529. The maximum atomic E-state index is 12.5. The first kappa shape index (κ1) is 23.7. The van der Waals surface area contributed by atoms with Gasteiger partial charge < -0.3 is 14.6 Å². The van der Waals surface area contributed by atoms with Crippen LogP contribution in [0.25, 0.3) is 6.08 Å². The molecular weight excluding hydrogens is 426 g/mol. The number of aromatic nitrogens is 3. The van der Waals surface area contributed by atoms with E-state index in [1.807, 2.05) is 55.5 Å². The lowest BCUT2D eigenvalue weighted by Crippen LogP contribution is -2.30. The van der Waals surface area contributed by atoms with Gasteiger partial charge in [0.25, 0.3) is 0 Å². The molecule has 1 aromatic heterocycles. The monoisotopic (exact) mass is 459 g/mol. The molecule has 2 heterocycles. The van der Waals surface area contributed by atoms with Crippen LogP contribution in [0.1, 0.15) is 42.2 Å². The highest BCUT2D eigenvalue weighted by Gasteiger charge is 2.22. The molecule has 1 N–H and O–H groups in total. The lowest BCUT2D eigenvalue weighted by molar-refractivity contribution is -0.121. The first-order chi connectivity index (χ1) is 16.6. The van der Waals surface area contributed by atoms with Crippen molar-refractivity contribution < 1.29 is 9.53 Å². The maximum Gasteiger partial charge on any atom is 0.220 e. The number of ether oxygens (including phenoxy) is 1. The normalized spacial score (nSPS) is 15.0. The van der Waals surface area contributed by atoms with Crippen LogP contribution < -0.4 is 10.1 Å². The van der Waals surface area contributed by atoms with E-state index in [1.54, 1.807) is 7.11 Å². The summed E-state index contributed by atoms with van der Waals surface area (Å²) >= 11 is 0. The van der Waals surface area contributed by atoms with Gasteiger partial charge in [0, 0.05) is 44.6 Å². The summed E-state index contributed by atoms with van der Waals surface area (Å²) in [5.41, 5.74) is 2.25. The highest BCUT2D eigenvalue weighted by atomic mass is 16.5. The number of fused-ring (bicyclic) bond motifs is 1. The molecule has 1 atom stereocenters. The Morgan fingerprint density at radius 3 is 2.71 bits per heavy atom. The minimum atomic E-state index is -0.179. The number of rotatable bonds is 9. The van der Waals surface area contributed by atoms with Crippen LogP contribution in [0.3, 0.4) is 0 Å². The number of amides is 1. The van der Waals surface area contributed by atoms with E-state index in [-0.39, 0.29) is 11.9 Å². The van der Waals surface area contributed by atoms with Crippen LogP contribution in [-0.2, 0) is 24.2 Å². The van der Waals surface area contributed by atoms with Crippen molar-refractivity contribution in [1.29, 1.82) is 0 Å². The van der Waals surface area contributed by atoms with Crippen LogP contribution in [0, 0.1) is 0 Å². The number of nitrogens with zero attached hydrogens (tertiary/aromatic N) is 4. The van der Waals surface area contributed by atoms with E-state index in [9.17, 15) is 4.79 Å². The molecule has 0 saturated heterocycles. The van der Waals surface area contributed by atoms with E-state index in [0.717, 1.165) is 62.0 Å². The van der Waals surface area contributed by atoms with E-state index in [0.29, 0.717) is 6.42 Å². The molecule has 0 fully saturated rings. The van der Waals surface area contributed by atoms with Crippen LogP contribution in [0.2, 0.25) is 0 Å². The second kappa shape index (κ2) is 11.6. The molecule has 2 aromatic carbocycles. The molecule has 0 bridgehead atoms. The number of methoxy groups -OCH3 is 1. The van der Waals surface area contributed by atoms with Crippen molar-refractivity contribution in [3.8, 4) is 5.75 Å². The molecule has 178 valence electrons. The molecule has 3 aromatic rings. The number of hydrogen-bond donors (Lipinski definition) is 1. The molecule has 1 aliphatic heterocycles. The standard InChI is InChI=1S/C27H33N5O2/c1-21(28-26(33)15-14-22-9-4-3-5-10-22)27-30-29-25-16-18-31(19-20-32(25)27)17-8-12-23-11-6-7-13-24(23)34-2/h3-13,21H,14-20H2,1-2H3,(H,28,33)/b12-8+. The Bertz CT molecular complexity index is 1110. The highest BCUT2D eigenvalue weighted by molar-refractivity contribution is 5.76. The van der Waals surface area contributed by atoms with Crippen molar-refractivity contribution in [2.24, 2.45) is 0 Å². The number of hydrogen-bond acceptors (Lipinski definition) is 5. The van der Waals surface area contributed by atoms with Crippen molar-refractivity contribution in [3.63, 3.8) is 0 Å². The summed E-state index contributed by atoms with van der Waals surface area (Å²) in [5.74, 6) is 2.72. The molecule has 7 nitrogen and oxygen atoms in total. The van der Waals surface area contributed by atoms with Crippen LogP contribution >= 0.6 is 0 Å². The lowest BCUT2D eigenvalue weighted by Gasteiger charge is -2.18. The molecule has 0 spiro atoms. The van der Waals surface area contributed by atoms with Crippen LogP contribution in [0.5, 0.6) is 5.75 Å². The Kier molecular flexibility index (Phi) is 8.09. The minimum Gasteiger partial charge on any atom is -0.496 e. The summed E-state index contributed by atoms with van der Waals surface area (Å²) < 4.78 is 7.60. The van der Waals surface area contributed by atoms with E-state index in [1.165, 1.54) is 5.56 Å². The van der Waals surface area contributed by atoms with E-state index >= 15 is 0 Å². The van der Waals surface area contributed by atoms with Gasteiger partial charge in [-0.2, -0.15) is 0 Å². The van der Waals surface area contributed by atoms with Crippen molar-refractivity contribution in [1.82, 2.24) is 25.0 Å². The van der Waals surface area contributed by atoms with Gasteiger partial charge in [-0.1, -0.05) is 60.7 Å². The molecule has 1 aliphatic rings. The average Bonchev–Trinajstić information content (AvgIpc) is 3.17. The van der Waals surface area contributed by atoms with Gasteiger partial charge in [0.1, 0.15) is 11.6 Å². The van der Waals surface area contributed by atoms with Gasteiger partial charge >= 0.3 is 0 Å². The van der Waals surface area contributed by atoms with Crippen molar-refractivity contribution in [2.45, 2.75) is 38.8 Å². The summed E-state index contributed by atoms with van der Waals surface area (Å²) in [5, 5.41) is 11.9. The van der Waals surface area contributed by atoms with Gasteiger partial charge in [-0.05, 0) is 25.0 Å². The fourth-order valence-electron chi connectivity index (χ4n) is 4.31. The zero-order chi connectivity index (χ0) is 23.8. The zero-order valence-electron chi connectivity index (χ0n) is 20.0. The van der Waals surface area contributed by atoms with Gasteiger partial charge in [-0.15, -0.1) is 10.2 Å². The molecule has 0 saturated carbocycles. The Morgan fingerprint density at radius 2 is 1.88 bits per heavy atom. The van der Waals surface area contributed by atoms with Crippen LogP contribution in [-0.4, -0.2) is 52.3 Å². The summed E-state index contributed by atoms with van der Waals surface area (Å²) in [6, 6.07) is 17.9. The molecule has 1 unspecified atom stereocenters. The molecular formula is C27H33N5O2. The van der Waals surface area contributed by atoms with Crippen LogP contribution in [0.4, 0.5) is 0 Å². The van der Waals surface area contributed by atoms with Crippen molar-refractivity contribution in [3.05, 3.63) is 83.4 Å². The molecule has 0 aliphatic carbocycles. The van der Waals surface area contributed by atoms with Crippen molar-refractivity contribution in [2.75, 3.05) is 26.7 Å². The number of benzene rings is 2. The summed E-state index contributed by atoms with van der Waals surface area (Å²) in [4.78, 5) is 14.9. The zero-order valence-corrected chi connectivity index (χ0v) is 20.0. The number of carbonyl (C=O) groups excluding carboxylic acids is 1. The molecule has 34 heavy (non-hydrogen) atoms. The smallest absolute Gasteiger partial charge is 0.220 e. The third kappa shape index (κ3) is 6.11. The van der Waals surface area contributed by atoms with Gasteiger partial charge in [-0.25, -0.2) is 0 Å². The molecule has 4 rings (SSSR count). The van der Waals surface area contributed by atoms with Gasteiger partial charge in [0.15, 0.2) is 5.82 Å². The van der Waals surface area contributed by atoms with Crippen LogP contribution in [0.15, 0.2) is 60.7 Å². The molecule has 7 heteroatoms. The average molecular weight is 460 g/mol. The number of carbonyl (C=O) groups is 1.